The fourth-order valence-electron chi connectivity index (χ4n) is 4.16. The van der Waals surface area contributed by atoms with E-state index in [1.54, 1.807) is 6.92 Å². The summed E-state index contributed by atoms with van der Waals surface area (Å²) in [6.07, 6.45) is 7.19. The zero-order chi connectivity index (χ0) is 13.3. The molecule has 3 atom stereocenters. The zero-order valence-corrected chi connectivity index (χ0v) is 12.0. The number of rotatable bonds is 5. The van der Waals surface area contributed by atoms with Gasteiger partial charge in [-0.25, -0.2) is 4.79 Å². The van der Waals surface area contributed by atoms with Gasteiger partial charge in [0.25, 0.3) is 0 Å². The molecular weight excluding hydrogens is 224 g/mol. The van der Waals surface area contributed by atoms with E-state index in [9.17, 15) is 4.79 Å². The summed E-state index contributed by atoms with van der Waals surface area (Å²) in [6, 6.07) is 0. The third-order valence-electron chi connectivity index (χ3n) is 5.26. The molecule has 2 bridgehead atoms. The molecule has 0 radical (unpaired) electrons. The molecule has 0 aliphatic heterocycles. The quantitative estimate of drug-likeness (QED) is 0.542. The third kappa shape index (κ3) is 2.22. The van der Waals surface area contributed by atoms with E-state index in [1.165, 1.54) is 25.7 Å². The predicted molar refractivity (Wildman–Crippen MR) is 73.2 cm³/mol. The summed E-state index contributed by atoms with van der Waals surface area (Å²) >= 11 is 0. The molecule has 0 aromatic heterocycles. The maximum atomic E-state index is 11.9. The second-order valence-corrected chi connectivity index (χ2v) is 6.22. The van der Waals surface area contributed by atoms with Crippen molar-refractivity contribution >= 4 is 5.97 Å². The first-order valence-electron chi connectivity index (χ1n) is 7.41. The Bertz CT molecular complexity index is 341. The first kappa shape index (κ1) is 13.6. The van der Waals surface area contributed by atoms with E-state index in [4.69, 9.17) is 4.74 Å². The normalized spacial score (nSPS) is 30.5. The Kier molecular flexibility index (Phi) is 3.84. The van der Waals surface area contributed by atoms with Gasteiger partial charge in [-0.1, -0.05) is 26.8 Å². The van der Waals surface area contributed by atoms with Crippen LogP contribution in [-0.4, -0.2) is 11.6 Å². The Morgan fingerprint density at radius 3 is 2.33 bits per heavy atom. The van der Waals surface area contributed by atoms with Crippen LogP contribution >= 0.6 is 0 Å². The van der Waals surface area contributed by atoms with Crippen molar-refractivity contribution in [2.45, 2.75) is 64.9 Å². The van der Waals surface area contributed by atoms with Crippen LogP contribution in [0.2, 0.25) is 0 Å². The van der Waals surface area contributed by atoms with E-state index < -0.39 is 0 Å². The summed E-state index contributed by atoms with van der Waals surface area (Å²) in [6.45, 7) is 9.75. The minimum atomic E-state index is -0.240. The number of carbonyl (C=O) groups excluding carboxylic acids is 1. The maximum Gasteiger partial charge on any atom is 0.333 e. The fourth-order valence-corrected chi connectivity index (χ4v) is 4.16. The van der Waals surface area contributed by atoms with Crippen LogP contribution in [0.4, 0.5) is 0 Å². The zero-order valence-electron chi connectivity index (χ0n) is 12.0. The highest BCUT2D eigenvalue weighted by molar-refractivity contribution is 5.87. The highest BCUT2D eigenvalue weighted by Gasteiger charge is 2.51. The number of ether oxygens (including phenoxy) is 1. The van der Waals surface area contributed by atoms with Crippen LogP contribution in [0.15, 0.2) is 12.2 Å². The molecular formula is C16H26O2. The molecule has 0 amide bonds. The van der Waals surface area contributed by atoms with Gasteiger partial charge >= 0.3 is 5.97 Å². The van der Waals surface area contributed by atoms with Crippen LogP contribution in [0, 0.1) is 17.8 Å². The van der Waals surface area contributed by atoms with Crippen LogP contribution in [0.3, 0.4) is 0 Å². The van der Waals surface area contributed by atoms with Crippen molar-refractivity contribution < 1.29 is 9.53 Å². The van der Waals surface area contributed by atoms with E-state index in [-0.39, 0.29) is 11.6 Å². The average Bonchev–Trinajstić information content (AvgIpc) is 2.98. The maximum absolute atomic E-state index is 11.9. The lowest BCUT2D eigenvalue weighted by Crippen LogP contribution is -2.44. The van der Waals surface area contributed by atoms with E-state index in [0.29, 0.717) is 11.5 Å². The molecule has 0 aromatic carbocycles. The summed E-state index contributed by atoms with van der Waals surface area (Å²) in [7, 11) is 0. The van der Waals surface area contributed by atoms with Gasteiger partial charge in [0.2, 0.25) is 0 Å². The lowest BCUT2D eigenvalue weighted by Gasteiger charge is -2.41. The molecule has 0 aromatic rings. The van der Waals surface area contributed by atoms with Crippen molar-refractivity contribution in [3.05, 3.63) is 12.2 Å². The van der Waals surface area contributed by atoms with Gasteiger partial charge in [0.05, 0.1) is 0 Å². The monoisotopic (exact) mass is 250 g/mol. The second kappa shape index (κ2) is 5.07. The fraction of sp³-hybridized carbons (Fsp3) is 0.812. The Labute approximate surface area is 111 Å². The minimum Gasteiger partial charge on any atom is -0.455 e. The van der Waals surface area contributed by atoms with Crippen LogP contribution < -0.4 is 0 Å². The van der Waals surface area contributed by atoms with E-state index in [0.717, 1.165) is 24.7 Å². The van der Waals surface area contributed by atoms with Gasteiger partial charge in [0.1, 0.15) is 5.60 Å². The van der Waals surface area contributed by atoms with Crippen LogP contribution in [0.25, 0.3) is 0 Å². The van der Waals surface area contributed by atoms with Crippen molar-refractivity contribution in [2.24, 2.45) is 17.8 Å². The number of carbonyl (C=O) groups is 1. The molecule has 18 heavy (non-hydrogen) atoms. The first-order valence-corrected chi connectivity index (χ1v) is 7.41. The molecule has 2 aliphatic rings. The number of esters is 1. The molecule has 0 saturated heterocycles. The molecule has 2 rings (SSSR count). The van der Waals surface area contributed by atoms with Gasteiger partial charge in [0.15, 0.2) is 0 Å². The topological polar surface area (TPSA) is 26.3 Å². The Morgan fingerprint density at radius 1 is 1.28 bits per heavy atom. The van der Waals surface area contributed by atoms with Gasteiger partial charge in [-0.3, -0.25) is 0 Å². The van der Waals surface area contributed by atoms with Gasteiger partial charge < -0.3 is 4.74 Å². The molecule has 0 spiro atoms. The summed E-state index contributed by atoms with van der Waals surface area (Å²) < 4.78 is 5.90. The van der Waals surface area contributed by atoms with Gasteiger partial charge in [-0.2, -0.15) is 0 Å². The van der Waals surface area contributed by atoms with Crippen molar-refractivity contribution in [3.63, 3.8) is 0 Å². The molecule has 0 heterocycles. The summed E-state index contributed by atoms with van der Waals surface area (Å²) in [5.74, 6) is 2.05. The first-order chi connectivity index (χ1) is 8.52. The van der Waals surface area contributed by atoms with E-state index >= 15 is 0 Å². The molecule has 2 saturated carbocycles. The molecule has 2 heteroatoms. The van der Waals surface area contributed by atoms with E-state index in [2.05, 4.69) is 20.4 Å². The molecule has 3 unspecified atom stereocenters. The smallest absolute Gasteiger partial charge is 0.333 e. The Morgan fingerprint density at radius 2 is 1.94 bits per heavy atom. The van der Waals surface area contributed by atoms with Gasteiger partial charge in [-0.05, 0) is 50.9 Å². The van der Waals surface area contributed by atoms with Crippen LogP contribution in [-0.2, 0) is 9.53 Å². The minimum absolute atomic E-state index is 0.207. The molecule has 2 nitrogen and oxygen atoms in total. The standard InChI is InChI=1S/C16H26O2/c1-5-16(6-2,18-15(17)11(3)4)14-10-12-7-8-13(14)9-12/h12-14H,3,5-10H2,1-2,4H3. The predicted octanol–water partition coefficient (Wildman–Crippen LogP) is 4.10. The van der Waals surface area contributed by atoms with Crippen molar-refractivity contribution in [1.82, 2.24) is 0 Å². The summed E-state index contributed by atoms with van der Waals surface area (Å²) in [5.41, 5.74) is 0.278. The van der Waals surface area contributed by atoms with Gasteiger partial charge in [0, 0.05) is 11.5 Å². The van der Waals surface area contributed by atoms with Crippen molar-refractivity contribution in [3.8, 4) is 0 Å². The highest BCUT2D eigenvalue weighted by Crippen LogP contribution is 2.54. The molecule has 102 valence electrons. The highest BCUT2D eigenvalue weighted by atomic mass is 16.6. The van der Waals surface area contributed by atoms with E-state index in [1.807, 2.05) is 0 Å². The number of hydrogen-bond donors (Lipinski definition) is 0. The lowest BCUT2D eigenvalue weighted by molar-refractivity contribution is -0.165. The number of hydrogen-bond acceptors (Lipinski definition) is 2. The average molecular weight is 250 g/mol. The van der Waals surface area contributed by atoms with Crippen molar-refractivity contribution in [2.75, 3.05) is 0 Å². The third-order valence-corrected chi connectivity index (χ3v) is 5.26. The van der Waals surface area contributed by atoms with Crippen LogP contribution in [0.5, 0.6) is 0 Å². The summed E-state index contributed by atoms with van der Waals surface area (Å²) in [5, 5.41) is 0. The molecule has 2 aliphatic carbocycles. The number of fused-ring (bicyclic) bond motifs is 2. The summed E-state index contributed by atoms with van der Waals surface area (Å²) in [4.78, 5) is 11.9. The second-order valence-electron chi connectivity index (χ2n) is 6.22. The molecule has 0 N–H and O–H groups in total. The Hall–Kier alpha value is -0.790. The largest absolute Gasteiger partial charge is 0.455 e. The van der Waals surface area contributed by atoms with Crippen LogP contribution in [0.1, 0.15) is 59.3 Å². The lowest BCUT2D eigenvalue weighted by atomic mass is 9.73. The molecule has 2 fully saturated rings. The Balaban J connectivity index is 2.16. The van der Waals surface area contributed by atoms with Gasteiger partial charge in [-0.15, -0.1) is 0 Å². The SMILES string of the molecule is C=C(C)C(=O)OC(CC)(CC)C1CC2CCC1C2. The van der Waals surface area contributed by atoms with Crippen molar-refractivity contribution in [1.29, 1.82) is 0 Å².